The molecule has 1 N–H and O–H groups in total. The van der Waals surface area contributed by atoms with Crippen molar-refractivity contribution in [2.45, 2.75) is 53.6 Å². The molecule has 138 valence electrons. The highest BCUT2D eigenvalue weighted by Crippen LogP contribution is 2.32. The normalized spacial score (nSPS) is 36.3. The first-order valence-corrected chi connectivity index (χ1v) is 8.53. The van der Waals surface area contributed by atoms with Gasteiger partial charge < -0.3 is 28.8 Å². The van der Waals surface area contributed by atoms with Crippen LogP contribution in [-0.4, -0.2) is 70.3 Å². The van der Waals surface area contributed by atoms with Crippen molar-refractivity contribution >= 4 is 58.3 Å². The largest absolute Gasteiger partial charge is 0.453 e. The summed E-state index contributed by atoms with van der Waals surface area (Å²) in [4.78, 5) is 20.4. The molecular formula is C12H14Cl4O8. The van der Waals surface area contributed by atoms with Gasteiger partial charge in [0.05, 0.1) is 6.61 Å². The Balaban J connectivity index is 2.23. The van der Waals surface area contributed by atoms with Gasteiger partial charge in [-0.2, -0.15) is 0 Å². The van der Waals surface area contributed by atoms with Crippen molar-refractivity contribution < 1.29 is 38.4 Å². The summed E-state index contributed by atoms with van der Waals surface area (Å²) in [5, 5.41) is 10.1. The van der Waals surface area contributed by atoms with Crippen molar-refractivity contribution in [3.63, 3.8) is 0 Å². The maximum absolute atomic E-state index is 11.8. The van der Waals surface area contributed by atoms with Crippen LogP contribution in [0.2, 0.25) is 0 Å². The number of halogens is 4. The first kappa shape index (κ1) is 20.3. The third-order valence-corrected chi connectivity index (χ3v) is 4.03. The van der Waals surface area contributed by atoms with Gasteiger partial charge in [0, 0.05) is 0 Å². The van der Waals surface area contributed by atoms with Gasteiger partial charge in [0.2, 0.25) is 9.67 Å². The summed E-state index contributed by atoms with van der Waals surface area (Å²) in [6.07, 6.45) is -6.64. The molecule has 2 aliphatic heterocycles. The first-order chi connectivity index (χ1) is 11.2. The molecule has 0 spiro atoms. The van der Waals surface area contributed by atoms with Gasteiger partial charge in [-0.05, 0) is 6.92 Å². The number of carbonyl (C=O) groups excluding carboxylic acids is 2. The van der Waals surface area contributed by atoms with Crippen molar-refractivity contribution in [1.82, 2.24) is 0 Å². The lowest BCUT2D eigenvalue weighted by atomic mass is 9.97. The number of rotatable bonds is 4. The van der Waals surface area contributed by atoms with Gasteiger partial charge in [0.1, 0.15) is 12.2 Å². The van der Waals surface area contributed by atoms with Crippen molar-refractivity contribution in [2.24, 2.45) is 0 Å². The average molecular weight is 428 g/mol. The monoisotopic (exact) mass is 426 g/mol. The molecule has 2 aliphatic rings. The van der Waals surface area contributed by atoms with E-state index in [1.54, 1.807) is 6.92 Å². The van der Waals surface area contributed by atoms with Crippen LogP contribution in [0.4, 0.5) is 0 Å². The van der Waals surface area contributed by atoms with Crippen molar-refractivity contribution in [3.05, 3.63) is 0 Å². The number of esters is 2. The number of carbonyl (C=O) groups is 2. The lowest BCUT2D eigenvalue weighted by Crippen LogP contribution is -2.64. The van der Waals surface area contributed by atoms with Gasteiger partial charge in [-0.15, -0.1) is 0 Å². The minimum absolute atomic E-state index is 0.0659. The molecule has 0 aromatic rings. The molecule has 12 heteroatoms. The van der Waals surface area contributed by atoms with Gasteiger partial charge >= 0.3 is 11.9 Å². The first-order valence-electron chi connectivity index (χ1n) is 6.78. The minimum atomic E-state index is -1.63. The Labute approximate surface area is 157 Å². The summed E-state index contributed by atoms with van der Waals surface area (Å²) < 4.78 is 26.2. The van der Waals surface area contributed by atoms with Crippen LogP contribution in [-0.2, 0) is 33.3 Å². The Morgan fingerprint density at radius 2 is 1.58 bits per heavy atom. The zero-order valence-electron chi connectivity index (χ0n) is 12.1. The van der Waals surface area contributed by atoms with E-state index in [0.717, 1.165) is 0 Å². The topological polar surface area (TPSA) is 101 Å². The zero-order chi connectivity index (χ0) is 18.0. The Morgan fingerprint density at radius 1 is 1.04 bits per heavy atom. The van der Waals surface area contributed by atoms with Crippen LogP contribution in [0.1, 0.15) is 6.92 Å². The van der Waals surface area contributed by atoms with Gasteiger partial charge in [-0.1, -0.05) is 46.4 Å². The molecule has 2 rings (SSSR count). The van der Waals surface area contributed by atoms with Crippen LogP contribution in [0.15, 0.2) is 0 Å². The second kappa shape index (κ2) is 8.55. The van der Waals surface area contributed by atoms with Crippen LogP contribution >= 0.6 is 46.4 Å². The number of aliphatic hydroxyl groups is 1. The predicted molar refractivity (Wildman–Crippen MR) is 81.9 cm³/mol. The van der Waals surface area contributed by atoms with Crippen molar-refractivity contribution in [1.29, 1.82) is 0 Å². The molecule has 0 bridgehead atoms. The molecular weight excluding hydrogens is 414 g/mol. The van der Waals surface area contributed by atoms with Gasteiger partial charge in [-0.3, -0.25) is 0 Å². The molecule has 1 unspecified atom stereocenters. The molecule has 2 heterocycles. The highest BCUT2D eigenvalue weighted by molar-refractivity contribution is 6.53. The zero-order valence-corrected chi connectivity index (χ0v) is 15.2. The van der Waals surface area contributed by atoms with E-state index in [1.807, 2.05) is 0 Å². The minimum Gasteiger partial charge on any atom is -0.453 e. The fourth-order valence-electron chi connectivity index (χ4n) is 2.32. The van der Waals surface area contributed by atoms with Crippen molar-refractivity contribution in [3.8, 4) is 0 Å². The lowest BCUT2D eigenvalue weighted by Gasteiger charge is -2.46. The molecule has 24 heavy (non-hydrogen) atoms. The quantitative estimate of drug-likeness (QED) is 0.521. The van der Waals surface area contributed by atoms with E-state index < -0.39 is 58.6 Å². The lowest BCUT2D eigenvalue weighted by molar-refractivity contribution is -0.350. The Bertz CT molecular complexity index is 476. The summed E-state index contributed by atoms with van der Waals surface area (Å²) in [6, 6.07) is 0. The molecule has 0 saturated carbocycles. The van der Waals surface area contributed by atoms with Crippen LogP contribution in [0.25, 0.3) is 0 Å². The van der Waals surface area contributed by atoms with Crippen LogP contribution in [0, 0.1) is 0 Å². The summed E-state index contributed by atoms with van der Waals surface area (Å²) in [5.41, 5.74) is 0. The van der Waals surface area contributed by atoms with Gasteiger partial charge in [0.15, 0.2) is 24.8 Å². The standard InChI is InChI=1S/C12H14Cl4O8/c1-3-20-2-4-5(21-3)6(23-11(18)8(13)14)7(10(17)22-4)24-12(19)9(15)16/h3-10,17H,2H2,1H3/t3?,4-,5-,6+,7-,10-/m1/s1. The third-order valence-electron chi connectivity index (χ3n) is 3.31. The number of hydrogen-bond acceptors (Lipinski definition) is 8. The van der Waals surface area contributed by atoms with Gasteiger partial charge in [0.25, 0.3) is 0 Å². The molecule has 8 nitrogen and oxygen atoms in total. The van der Waals surface area contributed by atoms with E-state index in [0.29, 0.717) is 0 Å². The Kier molecular flexibility index (Phi) is 7.21. The highest BCUT2D eigenvalue weighted by Gasteiger charge is 2.53. The van der Waals surface area contributed by atoms with Crippen LogP contribution in [0.5, 0.6) is 0 Å². The summed E-state index contributed by atoms with van der Waals surface area (Å²) >= 11 is 21.8. The third kappa shape index (κ3) is 4.76. The predicted octanol–water partition coefficient (Wildman–Crippen LogP) is 0.896. The maximum Gasteiger partial charge on any atom is 0.340 e. The molecule has 0 aromatic heterocycles. The van der Waals surface area contributed by atoms with Crippen LogP contribution in [0.3, 0.4) is 0 Å². The van der Waals surface area contributed by atoms with E-state index in [1.165, 1.54) is 0 Å². The summed E-state index contributed by atoms with van der Waals surface area (Å²) in [6.45, 7) is 1.68. The SMILES string of the molecule is CC1OC[C@H]2O[C@@H](O)[C@H](OC(=O)C(Cl)Cl)[C@@H](OC(=O)C(Cl)Cl)[C@@H]2O1. The Morgan fingerprint density at radius 3 is 2.12 bits per heavy atom. The number of ether oxygens (including phenoxy) is 5. The molecule has 0 radical (unpaired) electrons. The molecule has 0 amide bonds. The maximum atomic E-state index is 11.8. The van der Waals surface area contributed by atoms with E-state index in [2.05, 4.69) is 0 Å². The molecule has 0 aromatic carbocycles. The number of fused-ring (bicyclic) bond motifs is 1. The highest BCUT2D eigenvalue weighted by atomic mass is 35.5. The van der Waals surface area contributed by atoms with E-state index in [9.17, 15) is 14.7 Å². The number of alkyl halides is 4. The van der Waals surface area contributed by atoms with E-state index in [-0.39, 0.29) is 6.61 Å². The fraction of sp³-hybridized carbons (Fsp3) is 0.833. The smallest absolute Gasteiger partial charge is 0.340 e. The number of hydrogen-bond donors (Lipinski definition) is 1. The molecule has 2 fully saturated rings. The average Bonchev–Trinajstić information content (AvgIpc) is 2.50. The van der Waals surface area contributed by atoms with Gasteiger partial charge in [-0.25, -0.2) is 9.59 Å². The molecule has 2 saturated heterocycles. The summed E-state index contributed by atoms with van der Waals surface area (Å²) in [5.74, 6) is -2.06. The Hall–Kier alpha value is -0.0600. The molecule has 0 aliphatic carbocycles. The van der Waals surface area contributed by atoms with E-state index >= 15 is 0 Å². The second-order valence-corrected chi connectivity index (χ2v) is 7.16. The number of aliphatic hydroxyl groups excluding tert-OH is 1. The second-order valence-electron chi connectivity index (χ2n) is 4.97. The molecule has 6 atom stereocenters. The van der Waals surface area contributed by atoms with Crippen molar-refractivity contribution in [2.75, 3.05) is 6.61 Å². The fourth-order valence-corrected chi connectivity index (χ4v) is 2.52. The summed E-state index contributed by atoms with van der Waals surface area (Å²) in [7, 11) is 0. The van der Waals surface area contributed by atoms with E-state index in [4.69, 9.17) is 70.1 Å². The van der Waals surface area contributed by atoms with Crippen LogP contribution < -0.4 is 0 Å².